The van der Waals surface area contributed by atoms with E-state index in [0.29, 0.717) is 5.39 Å². The van der Waals surface area contributed by atoms with E-state index in [2.05, 4.69) is 15.2 Å². The molecule has 1 N–H and O–H groups in total. The molecule has 4 aromatic rings. The molecule has 0 unspecified atom stereocenters. The van der Waals surface area contributed by atoms with Crippen molar-refractivity contribution in [3.05, 3.63) is 60.8 Å². The Morgan fingerprint density at radius 3 is 1.94 bits per heavy atom. The van der Waals surface area contributed by atoms with Crippen molar-refractivity contribution < 1.29 is 90.2 Å². The van der Waals surface area contributed by atoms with E-state index in [9.17, 15) is 31.0 Å². The van der Waals surface area contributed by atoms with Crippen molar-refractivity contribution in [1.82, 2.24) is 4.98 Å². The first-order valence-electron chi connectivity index (χ1n) is 8.53. The Hall–Kier alpha value is -1.45. The molecule has 0 aliphatic carbocycles. The number of azo groups is 1. The molecule has 0 atom stereocenters. The van der Waals surface area contributed by atoms with E-state index < -0.39 is 35.8 Å². The van der Waals surface area contributed by atoms with Crippen molar-refractivity contribution in [3.8, 4) is 5.75 Å². The van der Waals surface area contributed by atoms with Crippen LogP contribution in [0.2, 0.25) is 0 Å². The molecular weight excluding hydrogens is 492 g/mol. The number of benzene rings is 3. The second-order valence-electron chi connectivity index (χ2n) is 6.38. The maximum atomic E-state index is 11.7. The number of aromatic hydroxyl groups is 1. The van der Waals surface area contributed by atoms with Gasteiger partial charge in [-0.25, -0.2) is 16.8 Å². The molecule has 1 aromatic heterocycles. The van der Waals surface area contributed by atoms with Gasteiger partial charge in [-0.2, -0.15) is 0 Å². The Morgan fingerprint density at radius 2 is 1.30 bits per heavy atom. The summed E-state index contributed by atoms with van der Waals surface area (Å²) in [7, 11) is -9.65. The quantitative estimate of drug-likeness (QED) is 0.178. The Balaban J connectivity index is 0.00000193. The molecule has 0 saturated heterocycles. The summed E-state index contributed by atoms with van der Waals surface area (Å²) in [4.78, 5) is 2.85. The van der Waals surface area contributed by atoms with Crippen molar-refractivity contribution in [2.45, 2.75) is 9.79 Å². The van der Waals surface area contributed by atoms with Crippen LogP contribution < -0.4 is 59.1 Å². The summed E-state index contributed by atoms with van der Waals surface area (Å²) in [6, 6.07) is 12.0. The molecular formula is C19H11N3Na2O7S2. The van der Waals surface area contributed by atoms with Crippen LogP contribution >= 0.6 is 0 Å². The number of phenolic OH excluding ortho intramolecular Hbond substituents is 1. The SMILES string of the molecule is O=S(=O)([O-])c1ccc(N=Nc2cc(S(=O)(=O)[O-])c3cccnc3c2O)c2ccccc12.[Na+].[Na+]. The Labute approximate surface area is 232 Å². The molecule has 0 spiro atoms. The van der Waals surface area contributed by atoms with E-state index in [4.69, 9.17) is 0 Å². The topological polar surface area (TPSA) is 172 Å². The van der Waals surface area contributed by atoms with Gasteiger partial charge in [-0.05, 0) is 30.3 Å². The van der Waals surface area contributed by atoms with Crippen molar-refractivity contribution in [2.24, 2.45) is 10.2 Å². The van der Waals surface area contributed by atoms with Gasteiger partial charge in [-0.15, -0.1) is 10.2 Å². The van der Waals surface area contributed by atoms with Gasteiger partial charge in [0.05, 0.1) is 15.5 Å². The van der Waals surface area contributed by atoms with Gasteiger partial charge < -0.3 is 14.2 Å². The fourth-order valence-electron chi connectivity index (χ4n) is 3.14. The number of hydrogen-bond acceptors (Lipinski definition) is 10. The molecule has 158 valence electrons. The predicted molar refractivity (Wildman–Crippen MR) is 107 cm³/mol. The first kappa shape index (κ1) is 27.8. The molecule has 0 fully saturated rings. The van der Waals surface area contributed by atoms with Crippen LogP contribution in [0.15, 0.2) is 80.8 Å². The Morgan fingerprint density at radius 1 is 0.727 bits per heavy atom. The molecule has 0 radical (unpaired) electrons. The zero-order valence-corrected chi connectivity index (χ0v) is 23.0. The van der Waals surface area contributed by atoms with Crippen molar-refractivity contribution in [2.75, 3.05) is 0 Å². The van der Waals surface area contributed by atoms with E-state index in [1.54, 1.807) is 12.1 Å². The maximum Gasteiger partial charge on any atom is 1.00 e. The normalized spacial score (nSPS) is 11.9. The first-order valence-corrected chi connectivity index (χ1v) is 11.3. The van der Waals surface area contributed by atoms with E-state index in [-0.39, 0.29) is 86.8 Å². The second kappa shape index (κ2) is 10.4. The number of rotatable bonds is 4. The molecule has 0 aliphatic rings. The van der Waals surface area contributed by atoms with Gasteiger partial charge in [0.1, 0.15) is 31.4 Å². The van der Waals surface area contributed by atoms with Gasteiger partial charge >= 0.3 is 59.1 Å². The Kier molecular flexibility index (Phi) is 8.79. The van der Waals surface area contributed by atoms with Crippen molar-refractivity contribution >= 4 is 53.3 Å². The number of phenols is 1. The molecule has 1 heterocycles. The van der Waals surface area contributed by atoms with Crippen LogP contribution in [0.4, 0.5) is 11.4 Å². The standard InChI is InChI=1S/C19H13N3O7S2.2Na/c23-19-15(10-17(31(27,28)29)13-6-3-9-20-18(13)19)22-21-14-7-8-16(30(24,25)26)12-5-2-1-4-11(12)14;;/h1-10,23H,(H,24,25,26)(H,27,28,29);;/q;2*+1/p-2. The third-order valence-electron chi connectivity index (χ3n) is 4.47. The summed E-state index contributed by atoms with van der Waals surface area (Å²) in [6.07, 6.45) is 1.31. The molecule has 0 bridgehead atoms. The number of hydrogen-bond donors (Lipinski definition) is 1. The molecule has 33 heavy (non-hydrogen) atoms. The molecule has 0 amide bonds. The average Bonchev–Trinajstić information content (AvgIpc) is 2.71. The molecule has 3 aromatic carbocycles. The third kappa shape index (κ3) is 5.62. The van der Waals surface area contributed by atoms with Crippen molar-refractivity contribution in [1.29, 1.82) is 0 Å². The summed E-state index contributed by atoms with van der Waals surface area (Å²) >= 11 is 0. The number of nitrogens with zero attached hydrogens (tertiary/aromatic N) is 3. The average molecular weight is 503 g/mol. The van der Waals surface area contributed by atoms with Crippen LogP contribution in [0.5, 0.6) is 5.75 Å². The van der Waals surface area contributed by atoms with Gasteiger partial charge in [0.2, 0.25) is 0 Å². The number of pyridine rings is 1. The summed E-state index contributed by atoms with van der Waals surface area (Å²) in [5.41, 5.74) is -0.327. The minimum Gasteiger partial charge on any atom is -0.744 e. The van der Waals surface area contributed by atoms with Gasteiger partial charge in [0.25, 0.3) is 0 Å². The zero-order chi connectivity index (χ0) is 22.4. The van der Waals surface area contributed by atoms with Gasteiger partial charge in [0.15, 0.2) is 5.75 Å². The summed E-state index contributed by atoms with van der Waals surface area (Å²) in [6.45, 7) is 0. The summed E-state index contributed by atoms with van der Waals surface area (Å²) in [5.74, 6) is -0.491. The van der Waals surface area contributed by atoms with Crippen LogP contribution in [-0.4, -0.2) is 36.0 Å². The van der Waals surface area contributed by atoms with E-state index >= 15 is 0 Å². The number of aromatic nitrogens is 1. The molecule has 14 heteroatoms. The van der Waals surface area contributed by atoms with Crippen molar-refractivity contribution in [3.63, 3.8) is 0 Å². The Bertz CT molecular complexity index is 1610. The largest absolute Gasteiger partial charge is 1.00 e. The van der Waals surface area contributed by atoms with Crippen LogP contribution in [0, 0.1) is 0 Å². The smallest absolute Gasteiger partial charge is 0.744 e. The first-order chi connectivity index (χ1) is 14.6. The van der Waals surface area contributed by atoms with Crippen LogP contribution in [0.25, 0.3) is 21.7 Å². The molecule has 10 nitrogen and oxygen atoms in total. The summed E-state index contributed by atoms with van der Waals surface area (Å²) in [5, 5.41) is 18.6. The fourth-order valence-corrected chi connectivity index (χ4v) is 4.51. The van der Waals surface area contributed by atoms with Crippen LogP contribution in [0.3, 0.4) is 0 Å². The molecule has 4 rings (SSSR count). The molecule has 0 saturated carbocycles. The van der Waals surface area contributed by atoms with E-state index in [1.807, 2.05) is 0 Å². The summed E-state index contributed by atoms with van der Waals surface area (Å²) < 4.78 is 69.5. The molecule has 0 aliphatic heterocycles. The number of fused-ring (bicyclic) bond motifs is 2. The maximum absolute atomic E-state index is 11.7. The van der Waals surface area contributed by atoms with Crippen LogP contribution in [0.1, 0.15) is 0 Å². The second-order valence-corrected chi connectivity index (χ2v) is 9.07. The van der Waals surface area contributed by atoms with E-state index in [0.717, 1.165) is 12.1 Å². The van der Waals surface area contributed by atoms with Crippen LogP contribution in [-0.2, 0) is 20.2 Å². The minimum atomic E-state index is -4.91. The minimum absolute atomic E-state index is 0. The van der Waals surface area contributed by atoms with Gasteiger partial charge in [0, 0.05) is 22.4 Å². The fraction of sp³-hybridized carbons (Fsp3) is 0. The zero-order valence-electron chi connectivity index (χ0n) is 17.3. The van der Waals surface area contributed by atoms with Gasteiger partial charge in [-0.1, -0.05) is 24.3 Å². The van der Waals surface area contributed by atoms with E-state index in [1.165, 1.54) is 36.5 Å². The van der Waals surface area contributed by atoms with Gasteiger partial charge in [-0.3, -0.25) is 4.98 Å². The third-order valence-corrected chi connectivity index (χ3v) is 6.24. The monoisotopic (exact) mass is 503 g/mol. The predicted octanol–water partition coefficient (Wildman–Crippen LogP) is -2.67.